The van der Waals surface area contributed by atoms with E-state index in [9.17, 15) is 0 Å². The molecule has 1 aromatic rings. The van der Waals surface area contributed by atoms with Crippen molar-refractivity contribution in [2.45, 2.75) is 31.6 Å². The molecular weight excluding hydrogens is 224 g/mol. The van der Waals surface area contributed by atoms with Gasteiger partial charge in [0.25, 0.3) is 0 Å². The van der Waals surface area contributed by atoms with Gasteiger partial charge in [0.2, 0.25) is 0 Å². The van der Waals surface area contributed by atoms with Crippen LogP contribution >= 0.6 is 15.9 Å². The van der Waals surface area contributed by atoms with Crippen LogP contribution in [0.1, 0.15) is 36.3 Å². The fourth-order valence-corrected chi connectivity index (χ4v) is 2.26. The number of alkyl halides is 1. The zero-order valence-electron chi connectivity index (χ0n) is 7.80. The predicted octanol–water partition coefficient (Wildman–Crippen LogP) is 3.89. The van der Waals surface area contributed by atoms with Gasteiger partial charge in [0.15, 0.2) is 0 Å². The molecule has 1 aliphatic rings. The van der Waals surface area contributed by atoms with Crippen molar-refractivity contribution in [2.75, 3.05) is 5.33 Å². The van der Waals surface area contributed by atoms with Gasteiger partial charge < -0.3 is 0 Å². The SMILES string of the molecule is BrCCc1ccc(C2CCC2)cc1. The van der Waals surface area contributed by atoms with Crippen LogP contribution in [0, 0.1) is 0 Å². The minimum atomic E-state index is 0.873. The van der Waals surface area contributed by atoms with E-state index >= 15 is 0 Å². The zero-order chi connectivity index (χ0) is 9.10. The monoisotopic (exact) mass is 238 g/mol. The first-order valence-electron chi connectivity index (χ1n) is 5.05. The second-order valence-electron chi connectivity index (χ2n) is 3.81. The van der Waals surface area contributed by atoms with Crippen LogP contribution in [0.25, 0.3) is 0 Å². The Kier molecular flexibility index (Phi) is 3.05. The van der Waals surface area contributed by atoms with Crippen molar-refractivity contribution in [1.29, 1.82) is 0 Å². The van der Waals surface area contributed by atoms with Crippen LogP contribution in [0.15, 0.2) is 24.3 Å². The Morgan fingerprint density at radius 3 is 2.31 bits per heavy atom. The van der Waals surface area contributed by atoms with Gasteiger partial charge in [-0.15, -0.1) is 0 Å². The minimum absolute atomic E-state index is 0.873. The molecule has 0 spiro atoms. The van der Waals surface area contributed by atoms with Crippen LogP contribution in [0.3, 0.4) is 0 Å². The van der Waals surface area contributed by atoms with Crippen molar-refractivity contribution < 1.29 is 0 Å². The van der Waals surface area contributed by atoms with Gasteiger partial charge in [-0.2, -0.15) is 0 Å². The van der Waals surface area contributed by atoms with Crippen molar-refractivity contribution in [3.8, 4) is 0 Å². The smallest absolute Gasteiger partial charge is 0.00718 e. The lowest BCUT2D eigenvalue weighted by atomic mass is 9.80. The summed E-state index contributed by atoms with van der Waals surface area (Å²) in [4.78, 5) is 0. The second-order valence-corrected chi connectivity index (χ2v) is 4.60. The van der Waals surface area contributed by atoms with Gasteiger partial charge in [-0.1, -0.05) is 46.6 Å². The zero-order valence-corrected chi connectivity index (χ0v) is 9.39. The maximum Gasteiger partial charge on any atom is 0.00718 e. The second kappa shape index (κ2) is 4.28. The van der Waals surface area contributed by atoms with Crippen molar-refractivity contribution in [3.63, 3.8) is 0 Å². The molecule has 0 unspecified atom stereocenters. The third-order valence-electron chi connectivity index (χ3n) is 2.94. The third-order valence-corrected chi connectivity index (χ3v) is 3.34. The van der Waals surface area contributed by atoms with E-state index in [1.807, 2.05) is 0 Å². The Morgan fingerprint density at radius 1 is 1.15 bits per heavy atom. The number of rotatable bonds is 3. The quantitative estimate of drug-likeness (QED) is 0.702. The molecule has 0 saturated heterocycles. The molecule has 1 saturated carbocycles. The van der Waals surface area contributed by atoms with Gasteiger partial charge in [-0.05, 0) is 36.3 Å². The summed E-state index contributed by atoms with van der Waals surface area (Å²) in [6.45, 7) is 0. The number of benzene rings is 1. The molecule has 1 heteroatoms. The number of halogens is 1. The van der Waals surface area contributed by atoms with Gasteiger partial charge in [0, 0.05) is 5.33 Å². The normalized spacial score (nSPS) is 17.0. The average molecular weight is 239 g/mol. The van der Waals surface area contributed by atoms with Crippen molar-refractivity contribution in [2.24, 2.45) is 0 Å². The van der Waals surface area contributed by atoms with Crippen LogP contribution in [-0.4, -0.2) is 5.33 Å². The fraction of sp³-hybridized carbons (Fsp3) is 0.500. The maximum absolute atomic E-state index is 3.46. The van der Waals surface area contributed by atoms with Crippen molar-refractivity contribution in [3.05, 3.63) is 35.4 Å². The van der Waals surface area contributed by atoms with Gasteiger partial charge >= 0.3 is 0 Å². The Labute approximate surface area is 88.5 Å². The summed E-state index contributed by atoms with van der Waals surface area (Å²) in [7, 11) is 0. The van der Waals surface area contributed by atoms with Crippen molar-refractivity contribution >= 4 is 15.9 Å². The van der Waals surface area contributed by atoms with Crippen LogP contribution in [0.2, 0.25) is 0 Å². The molecule has 70 valence electrons. The van der Waals surface area contributed by atoms with E-state index in [0.29, 0.717) is 0 Å². The first-order valence-corrected chi connectivity index (χ1v) is 6.17. The molecule has 0 amide bonds. The first kappa shape index (κ1) is 9.26. The highest BCUT2D eigenvalue weighted by molar-refractivity contribution is 9.09. The van der Waals surface area contributed by atoms with E-state index in [2.05, 4.69) is 40.2 Å². The molecule has 0 heterocycles. The summed E-state index contributed by atoms with van der Waals surface area (Å²) < 4.78 is 0. The van der Waals surface area contributed by atoms with Crippen LogP contribution < -0.4 is 0 Å². The van der Waals surface area contributed by atoms with Crippen molar-refractivity contribution in [1.82, 2.24) is 0 Å². The molecule has 0 bridgehead atoms. The summed E-state index contributed by atoms with van der Waals surface area (Å²) in [6, 6.07) is 9.16. The van der Waals surface area contributed by atoms with Crippen LogP contribution in [-0.2, 0) is 6.42 Å². The lowest BCUT2D eigenvalue weighted by molar-refractivity contribution is 0.419. The van der Waals surface area contributed by atoms with Gasteiger partial charge in [0.05, 0.1) is 0 Å². The Bertz CT molecular complexity index is 259. The van der Waals surface area contributed by atoms with E-state index in [0.717, 1.165) is 17.7 Å². The standard InChI is InChI=1S/C12H15Br/c13-9-8-10-4-6-12(7-5-10)11-2-1-3-11/h4-7,11H,1-3,8-9H2. The lowest BCUT2D eigenvalue weighted by Crippen LogP contribution is -2.08. The molecule has 13 heavy (non-hydrogen) atoms. The summed E-state index contributed by atoms with van der Waals surface area (Å²) in [5.74, 6) is 0.873. The average Bonchev–Trinajstić information content (AvgIpc) is 2.06. The predicted molar refractivity (Wildman–Crippen MR) is 60.5 cm³/mol. The number of aryl methyl sites for hydroxylation is 1. The first-order chi connectivity index (χ1) is 6.40. The van der Waals surface area contributed by atoms with E-state index < -0.39 is 0 Å². The molecule has 0 N–H and O–H groups in total. The third kappa shape index (κ3) is 2.14. The molecule has 1 fully saturated rings. The van der Waals surface area contributed by atoms with Gasteiger partial charge in [-0.3, -0.25) is 0 Å². The minimum Gasteiger partial charge on any atom is -0.0924 e. The summed E-state index contributed by atoms with van der Waals surface area (Å²) in [6.07, 6.45) is 5.37. The number of hydrogen-bond acceptors (Lipinski definition) is 0. The summed E-state index contributed by atoms with van der Waals surface area (Å²) in [5, 5.41) is 1.07. The lowest BCUT2D eigenvalue weighted by Gasteiger charge is -2.25. The number of hydrogen-bond donors (Lipinski definition) is 0. The highest BCUT2D eigenvalue weighted by Gasteiger charge is 2.18. The molecule has 1 aromatic carbocycles. The van der Waals surface area contributed by atoms with E-state index in [1.54, 1.807) is 5.56 Å². The van der Waals surface area contributed by atoms with Crippen LogP contribution in [0.5, 0.6) is 0 Å². The largest absolute Gasteiger partial charge is 0.0924 e. The Morgan fingerprint density at radius 2 is 1.85 bits per heavy atom. The molecule has 0 nitrogen and oxygen atoms in total. The highest BCUT2D eigenvalue weighted by atomic mass is 79.9. The molecular formula is C12H15Br. The molecule has 0 aromatic heterocycles. The molecule has 0 atom stereocenters. The summed E-state index contributed by atoms with van der Waals surface area (Å²) >= 11 is 3.46. The molecule has 2 rings (SSSR count). The van der Waals surface area contributed by atoms with Gasteiger partial charge in [-0.25, -0.2) is 0 Å². The Hall–Kier alpha value is -0.300. The van der Waals surface area contributed by atoms with E-state index in [-0.39, 0.29) is 0 Å². The molecule has 0 aliphatic heterocycles. The fourth-order valence-electron chi connectivity index (χ4n) is 1.81. The maximum atomic E-state index is 3.46. The molecule has 1 aliphatic carbocycles. The highest BCUT2D eigenvalue weighted by Crippen LogP contribution is 2.36. The topological polar surface area (TPSA) is 0 Å². The van der Waals surface area contributed by atoms with E-state index in [4.69, 9.17) is 0 Å². The molecule has 0 radical (unpaired) electrons. The van der Waals surface area contributed by atoms with Crippen LogP contribution in [0.4, 0.5) is 0 Å². The summed E-state index contributed by atoms with van der Waals surface area (Å²) in [5.41, 5.74) is 2.99. The van der Waals surface area contributed by atoms with Gasteiger partial charge in [0.1, 0.15) is 0 Å². The Balaban J connectivity index is 2.04. The van der Waals surface area contributed by atoms with E-state index in [1.165, 1.54) is 24.8 Å².